The third kappa shape index (κ3) is 4.82. The van der Waals surface area contributed by atoms with Crippen LogP contribution in [0.15, 0.2) is 53.0 Å². The highest BCUT2D eigenvalue weighted by atomic mass is 79.9. The first-order valence-corrected chi connectivity index (χ1v) is 7.95. The standard InChI is InChI=1S/C17H18BrN3O2/c1-12(22)21(16-4-2-3-15(19)11-16)17(23)20-10-9-13-5-7-14(18)8-6-13/h2-8,11H,9-10,19H2,1H3,(H,20,23). The van der Waals surface area contributed by atoms with Crippen LogP contribution in [0.25, 0.3) is 0 Å². The van der Waals surface area contributed by atoms with Gasteiger partial charge in [-0.2, -0.15) is 0 Å². The molecule has 2 aromatic rings. The maximum absolute atomic E-state index is 12.3. The van der Waals surface area contributed by atoms with Gasteiger partial charge in [0.25, 0.3) is 0 Å². The Morgan fingerprint density at radius 3 is 2.48 bits per heavy atom. The number of nitrogens with one attached hydrogen (secondary N) is 1. The average Bonchev–Trinajstić information content (AvgIpc) is 2.49. The summed E-state index contributed by atoms with van der Waals surface area (Å²) in [5, 5.41) is 2.76. The zero-order valence-corrected chi connectivity index (χ0v) is 14.3. The molecule has 0 bridgehead atoms. The van der Waals surface area contributed by atoms with Gasteiger partial charge in [-0.1, -0.05) is 34.1 Å². The first-order valence-electron chi connectivity index (χ1n) is 7.16. The molecule has 0 aromatic heterocycles. The highest BCUT2D eigenvalue weighted by molar-refractivity contribution is 9.10. The fraction of sp³-hybridized carbons (Fsp3) is 0.176. The van der Waals surface area contributed by atoms with Gasteiger partial charge in [0, 0.05) is 23.6 Å². The van der Waals surface area contributed by atoms with E-state index in [4.69, 9.17) is 5.73 Å². The molecule has 23 heavy (non-hydrogen) atoms. The number of urea groups is 1. The van der Waals surface area contributed by atoms with Crippen LogP contribution in [0.4, 0.5) is 16.2 Å². The van der Waals surface area contributed by atoms with Crippen LogP contribution in [0.3, 0.4) is 0 Å². The van der Waals surface area contributed by atoms with Crippen molar-refractivity contribution in [3.8, 4) is 0 Å². The third-order valence-corrected chi connectivity index (χ3v) is 3.78. The van der Waals surface area contributed by atoms with Crippen molar-refractivity contribution >= 4 is 39.2 Å². The number of carbonyl (C=O) groups is 2. The summed E-state index contributed by atoms with van der Waals surface area (Å²) in [6.45, 7) is 1.78. The Bertz CT molecular complexity index is 701. The van der Waals surface area contributed by atoms with Gasteiger partial charge >= 0.3 is 6.03 Å². The molecule has 6 heteroatoms. The van der Waals surface area contributed by atoms with E-state index in [2.05, 4.69) is 21.2 Å². The van der Waals surface area contributed by atoms with Crippen LogP contribution in [0, 0.1) is 0 Å². The number of nitrogens with two attached hydrogens (primary N) is 1. The molecule has 120 valence electrons. The van der Waals surface area contributed by atoms with E-state index in [9.17, 15) is 9.59 Å². The molecule has 2 rings (SSSR count). The number of nitrogen functional groups attached to an aromatic ring is 1. The summed E-state index contributed by atoms with van der Waals surface area (Å²) in [4.78, 5) is 25.2. The van der Waals surface area contributed by atoms with E-state index in [1.165, 1.54) is 6.92 Å². The fourth-order valence-electron chi connectivity index (χ4n) is 2.15. The SMILES string of the molecule is CC(=O)N(C(=O)NCCc1ccc(Br)cc1)c1cccc(N)c1. The lowest BCUT2D eigenvalue weighted by atomic mass is 10.1. The summed E-state index contributed by atoms with van der Waals surface area (Å²) < 4.78 is 1.01. The minimum Gasteiger partial charge on any atom is -0.399 e. The van der Waals surface area contributed by atoms with E-state index in [1.54, 1.807) is 24.3 Å². The molecule has 5 nitrogen and oxygen atoms in total. The second-order valence-corrected chi connectivity index (χ2v) is 5.97. The van der Waals surface area contributed by atoms with E-state index in [0.717, 1.165) is 14.9 Å². The average molecular weight is 376 g/mol. The van der Waals surface area contributed by atoms with Crippen LogP contribution >= 0.6 is 15.9 Å². The van der Waals surface area contributed by atoms with Crippen molar-refractivity contribution in [3.63, 3.8) is 0 Å². The molecular weight excluding hydrogens is 358 g/mol. The molecule has 0 saturated heterocycles. The normalized spacial score (nSPS) is 10.2. The summed E-state index contributed by atoms with van der Waals surface area (Å²) in [6, 6.07) is 14.1. The molecule has 0 spiro atoms. The van der Waals surface area contributed by atoms with Crippen molar-refractivity contribution in [3.05, 3.63) is 58.6 Å². The lowest BCUT2D eigenvalue weighted by molar-refractivity contribution is -0.115. The Balaban J connectivity index is 1.99. The van der Waals surface area contributed by atoms with Crippen LogP contribution in [0.2, 0.25) is 0 Å². The van der Waals surface area contributed by atoms with Crippen molar-refractivity contribution in [2.45, 2.75) is 13.3 Å². The van der Waals surface area contributed by atoms with Crippen molar-refractivity contribution in [1.29, 1.82) is 0 Å². The molecule has 0 fully saturated rings. The minimum atomic E-state index is -0.458. The van der Waals surface area contributed by atoms with E-state index < -0.39 is 6.03 Å². The lowest BCUT2D eigenvalue weighted by Gasteiger charge is -2.20. The van der Waals surface area contributed by atoms with Gasteiger partial charge in [0.15, 0.2) is 0 Å². The summed E-state index contributed by atoms with van der Waals surface area (Å²) in [5.74, 6) is -0.364. The van der Waals surface area contributed by atoms with Gasteiger partial charge in [0.1, 0.15) is 0 Å². The van der Waals surface area contributed by atoms with Gasteiger partial charge in [-0.15, -0.1) is 0 Å². The molecule has 0 saturated carbocycles. The number of benzene rings is 2. The van der Waals surface area contributed by atoms with Crippen LogP contribution < -0.4 is 16.0 Å². The van der Waals surface area contributed by atoms with E-state index >= 15 is 0 Å². The van der Waals surface area contributed by atoms with Gasteiger partial charge in [-0.3, -0.25) is 4.79 Å². The Kier molecular flexibility index (Phi) is 5.76. The van der Waals surface area contributed by atoms with E-state index in [1.807, 2.05) is 24.3 Å². The monoisotopic (exact) mass is 375 g/mol. The minimum absolute atomic E-state index is 0.364. The summed E-state index contributed by atoms with van der Waals surface area (Å²) in [5.41, 5.74) is 7.77. The molecule has 0 atom stereocenters. The Hall–Kier alpha value is -2.34. The predicted octanol–water partition coefficient (Wildman–Crippen LogP) is 3.34. The van der Waals surface area contributed by atoms with Crippen LogP contribution in [0.1, 0.15) is 12.5 Å². The van der Waals surface area contributed by atoms with Crippen molar-refractivity contribution < 1.29 is 9.59 Å². The van der Waals surface area contributed by atoms with Crippen LogP contribution in [-0.2, 0) is 11.2 Å². The van der Waals surface area contributed by atoms with Crippen molar-refractivity contribution in [2.24, 2.45) is 0 Å². The number of halogens is 1. The van der Waals surface area contributed by atoms with Gasteiger partial charge in [-0.05, 0) is 42.3 Å². The second kappa shape index (κ2) is 7.78. The number of hydrogen-bond donors (Lipinski definition) is 2. The molecule has 0 radical (unpaired) electrons. The summed E-state index contributed by atoms with van der Waals surface area (Å²) in [6.07, 6.45) is 0.682. The molecule has 0 aliphatic rings. The first-order chi connectivity index (χ1) is 11.0. The number of rotatable bonds is 4. The zero-order chi connectivity index (χ0) is 16.8. The van der Waals surface area contributed by atoms with Gasteiger partial charge in [-0.25, -0.2) is 9.69 Å². The van der Waals surface area contributed by atoms with Gasteiger partial charge < -0.3 is 11.1 Å². The summed E-state index contributed by atoms with van der Waals surface area (Å²) >= 11 is 3.38. The number of amides is 3. The Morgan fingerprint density at radius 2 is 1.87 bits per heavy atom. The molecule has 3 N–H and O–H groups in total. The Morgan fingerprint density at radius 1 is 1.17 bits per heavy atom. The quantitative estimate of drug-likeness (QED) is 0.804. The third-order valence-electron chi connectivity index (χ3n) is 3.25. The molecule has 3 amide bonds. The number of hydrogen-bond acceptors (Lipinski definition) is 3. The molecule has 0 aliphatic carbocycles. The zero-order valence-electron chi connectivity index (χ0n) is 12.8. The van der Waals surface area contributed by atoms with E-state index in [0.29, 0.717) is 24.3 Å². The highest BCUT2D eigenvalue weighted by Crippen LogP contribution is 2.18. The maximum Gasteiger partial charge on any atom is 0.328 e. The number of nitrogens with zero attached hydrogens (tertiary/aromatic N) is 1. The lowest BCUT2D eigenvalue weighted by Crippen LogP contribution is -2.43. The van der Waals surface area contributed by atoms with Crippen molar-refractivity contribution in [1.82, 2.24) is 5.32 Å². The van der Waals surface area contributed by atoms with Gasteiger partial charge in [0.2, 0.25) is 5.91 Å². The molecular formula is C17H18BrN3O2. The number of anilines is 2. The largest absolute Gasteiger partial charge is 0.399 e. The van der Waals surface area contributed by atoms with Crippen LogP contribution in [0.5, 0.6) is 0 Å². The maximum atomic E-state index is 12.3. The second-order valence-electron chi connectivity index (χ2n) is 5.06. The topological polar surface area (TPSA) is 75.4 Å². The van der Waals surface area contributed by atoms with Crippen LogP contribution in [-0.4, -0.2) is 18.5 Å². The number of carbonyl (C=O) groups excluding carboxylic acids is 2. The smallest absolute Gasteiger partial charge is 0.328 e. The molecule has 2 aromatic carbocycles. The summed E-state index contributed by atoms with van der Waals surface area (Å²) in [7, 11) is 0. The predicted molar refractivity (Wildman–Crippen MR) is 95.3 cm³/mol. The fourth-order valence-corrected chi connectivity index (χ4v) is 2.41. The molecule has 0 unspecified atom stereocenters. The van der Waals surface area contributed by atoms with Crippen molar-refractivity contribution in [2.75, 3.05) is 17.2 Å². The number of imide groups is 1. The first kappa shape index (κ1) is 17.0. The highest BCUT2D eigenvalue weighted by Gasteiger charge is 2.19. The Labute approximate surface area is 143 Å². The van der Waals surface area contributed by atoms with E-state index in [-0.39, 0.29) is 5.91 Å². The molecule has 0 heterocycles. The molecule has 0 aliphatic heterocycles. The van der Waals surface area contributed by atoms with Gasteiger partial charge in [0.05, 0.1) is 5.69 Å².